The monoisotopic (exact) mass is 2440 g/mol. The van der Waals surface area contributed by atoms with E-state index in [1.165, 1.54) is 0 Å². The van der Waals surface area contributed by atoms with Crippen LogP contribution in [-0.4, -0.2) is 24.1 Å². The number of hydrogen-bond donors (Lipinski definition) is 0. The van der Waals surface area contributed by atoms with E-state index in [1.807, 2.05) is 48.6 Å². The summed E-state index contributed by atoms with van der Waals surface area (Å²) >= 11 is 0. The van der Waals surface area contributed by atoms with E-state index in [4.69, 9.17) is 0 Å². The maximum atomic E-state index is 2.00. The van der Waals surface area contributed by atoms with Gasteiger partial charge in [0.1, 0.15) is 0 Å². The molecule has 0 rings (SSSR count). The molecule has 0 fully saturated rings. The van der Waals surface area contributed by atoms with Gasteiger partial charge in [0.15, 0.2) is 0 Å². The van der Waals surface area contributed by atoms with Crippen molar-refractivity contribution in [3.05, 3.63) is 44.6 Å². The summed E-state index contributed by atoms with van der Waals surface area (Å²) in [6, 6.07) is 0. The van der Waals surface area contributed by atoms with Gasteiger partial charge in [-0.3, -0.25) is 13.6 Å². The average molecular weight is 2440 g/mol. The fraction of sp³-hybridized carbons (Fsp3) is 0.500. The molecule has 0 saturated carbocycles. The van der Waals surface area contributed by atoms with Gasteiger partial charge in [-0.05, 0) is 0 Å². The van der Waals surface area contributed by atoms with Gasteiger partial charge in [-0.15, -0.1) is 0 Å². The van der Waals surface area contributed by atoms with E-state index in [1.54, 1.807) is 0 Å². The molecule has 0 unspecified atom stereocenters. The molecule has 0 aliphatic rings. The normalized spacial score (nSPS) is 0.750. The molecule has 0 aliphatic heterocycles. The van der Waals surface area contributed by atoms with Crippen molar-refractivity contribution < 1.29 is 818 Å². The van der Waals surface area contributed by atoms with E-state index >= 15 is 0 Å². The van der Waals surface area contributed by atoms with Gasteiger partial charge in [-0.25, -0.2) is 0 Å². The first-order valence-electron chi connectivity index (χ1n) is 3.15. The van der Waals surface area contributed by atoms with E-state index in [2.05, 4.69) is 0 Å². The SMILES string of the molecule is CC.CC.C[B-]C.[B-].[B-].[CH3-].[CH3-].[CH3-].[CH3-].[CH3-].[CH3-].[Y].[Y].[Y].[Y].[Y].[Y].[Y].[Y].[Y].[Y].[Y].[Y].[Y].[Y].[Y].[Y].[Y].[Y].[Y].[Y].[Y].[Y].[Y].[Y].[Y]. The van der Waals surface area contributed by atoms with E-state index in [0.29, 0.717) is 0 Å². The molecule has 0 bridgehead atoms. The third kappa shape index (κ3) is 358. The summed E-state index contributed by atoms with van der Waals surface area (Å²) in [4.78, 5) is 0. The average Bonchev–Trinajstić information content (AvgIpc) is 1.78. The van der Waals surface area contributed by atoms with Gasteiger partial charge in [0.05, 0.1) is 0 Å². The molecule has 0 aromatic rings. The fourth-order valence-electron chi connectivity index (χ4n) is 0. The summed E-state index contributed by atoms with van der Waals surface area (Å²) in [5.41, 5.74) is 0. The Balaban J connectivity index is -0.000000000126. The van der Waals surface area contributed by atoms with E-state index in [0.717, 1.165) is 0 Å². The standard InChI is InChI=1S/C2H6B.2C2H6.6CH3.2B.25Y/c1-3-2;2*1-2;;;;;;;;;;;;;;;;;;;;;;;;;;;;;;;;;/h1-2H3;2*1-2H3;6*1H3;;;;;;;;;;;;;;;;;;;;;;;;;;;/q-1;;;8*-1;;;;;;;;;;;;;;;;;;;;;;;;;. The molecule has 0 N–H and O–H groups in total. The van der Waals surface area contributed by atoms with Crippen LogP contribution in [0.25, 0.3) is 0 Å². The molecular weight excluding hydrogens is 2400 g/mol. The van der Waals surface area contributed by atoms with Gasteiger partial charge < -0.3 is 68.7 Å². The van der Waals surface area contributed by atoms with Crippen molar-refractivity contribution in [2.24, 2.45) is 0 Å². The molecule has 0 spiro atoms. The number of rotatable bonds is 0. The zero-order valence-corrected chi connectivity index (χ0v) is 99.1. The minimum atomic E-state index is 0. The second-order valence-corrected chi connectivity index (χ2v) is 0.577. The molecule has 0 saturated heterocycles. The van der Waals surface area contributed by atoms with Crippen LogP contribution in [0, 0.1) is 44.6 Å². The van der Waals surface area contributed by atoms with Gasteiger partial charge in [-0.2, -0.15) is 0 Å². The van der Waals surface area contributed by atoms with Crippen LogP contribution in [-0.2, 0) is 818 Å². The molecule has 0 nitrogen and oxygen atoms in total. The minimum Gasteiger partial charge on any atom is -1.00 e. The Bertz CT molecular complexity index is 49.0. The van der Waals surface area contributed by atoms with Crippen molar-refractivity contribution in [1.29, 1.82) is 0 Å². The zero-order chi connectivity index (χ0) is 6.71. The second kappa shape index (κ2) is 349. The molecule has 0 atom stereocenters. The van der Waals surface area contributed by atoms with Gasteiger partial charge in [0.25, 0.3) is 0 Å². The first-order valence-corrected chi connectivity index (χ1v) is 3.15. The quantitative estimate of drug-likeness (QED) is 0.244. The topological polar surface area (TPSA) is 0 Å². The Morgan fingerprint density at radius 2 is 0.200 bits per heavy atom. The number of hydrogen-bond acceptors (Lipinski definition) is 0. The predicted octanol–water partition coefficient (Wildman–Crippen LogP) is 4.72. The summed E-state index contributed by atoms with van der Waals surface area (Å²) in [6.07, 6.45) is 0. The summed E-state index contributed by atoms with van der Waals surface area (Å²) in [5.74, 6) is 0. The maximum absolute atomic E-state index is 2.00. The van der Waals surface area contributed by atoms with Crippen molar-refractivity contribution in [1.82, 2.24) is 0 Å². The first-order chi connectivity index (χ1) is 3.41. The molecule has 0 aromatic heterocycles. The smallest absolute Gasteiger partial charge is 0 e. The van der Waals surface area contributed by atoms with Crippen LogP contribution in [0.5, 0.6) is 0 Å². The Kier molecular flexibility index (Phi) is 2610. The van der Waals surface area contributed by atoms with Gasteiger partial charge in [-0.1, -0.05) is 27.7 Å². The third-order valence-electron chi connectivity index (χ3n) is 0. The van der Waals surface area contributed by atoms with Gasteiger partial charge in [0, 0.05) is 818 Å². The van der Waals surface area contributed by atoms with Crippen molar-refractivity contribution in [2.75, 3.05) is 0 Å². The molecule has 0 amide bonds. The Hall–Kier alpha value is 27.8. The van der Waals surface area contributed by atoms with Gasteiger partial charge >= 0.3 is 0 Å². The third-order valence-corrected chi connectivity index (χ3v) is 0. The van der Waals surface area contributed by atoms with Crippen molar-refractivity contribution in [2.45, 2.75) is 41.3 Å². The molecule has 0 heterocycles. The zero-order valence-electron chi connectivity index (χ0n) is 28.2. The molecule has 177 valence electrons. The van der Waals surface area contributed by atoms with Crippen LogP contribution >= 0.6 is 0 Å². The first kappa shape index (κ1) is 299. The van der Waals surface area contributed by atoms with Crippen molar-refractivity contribution in [3.63, 3.8) is 0 Å². The van der Waals surface area contributed by atoms with Crippen LogP contribution in [0.2, 0.25) is 13.6 Å². The summed E-state index contributed by atoms with van der Waals surface area (Å²) in [7, 11) is 2.00. The van der Waals surface area contributed by atoms with Crippen LogP contribution in [0.4, 0.5) is 0 Å². The predicted molar refractivity (Wildman–Crippen MR) is 90.2 cm³/mol. The molecule has 35 radical (unpaired) electrons. The largest absolute Gasteiger partial charge is 1.00 e. The van der Waals surface area contributed by atoms with Crippen molar-refractivity contribution in [3.8, 4) is 0 Å². The fourth-order valence-corrected chi connectivity index (χ4v) is 0. The Morgan fingerprint density at radius 3 is 0.200 bits per heavy atom. The van der Waals surface area contributed by atoms with Crippen LogP contribution in [0.3, 0.4) is 0 Å². The summed E-state index contributed by atoms with van der Waals surface area (Å²) in [6.45, 7) is 12.0. The molecule has 0 aliphatic carbocycles. The van der Waals surface area contributed by atoms with E-state index < -0.39 is 0 Å². The van der Waals surface area contributed by atoms with E-state index in [9.17, 15) is 0 Å². The maximum Gasteiger partial charge on any atom is 0 e. The van der Waals surface area contributed by atoms with Gasteiger partial charge in [0.2, 0.25) is 0 Å². The molecule has 0 aromatic carbocycles. The summed E-state index contributed by atoms with van der Waals surface area (Å²) in [5, 5.41) is 0. The Morgan fingerprint density at radius 1 is 0.200 bits per heavy atom. The van der Waals surface area contributed by atoms with Crippen LogP contribution < -0.4 is 0 Å². The molecule has 28 heteroatoms. The van der Waals surface area contributed by atoms with E-state index in [-0.39, 0.29) is 879 Å². The molecule has 40 heavy (non-hydrogen) atoms. The van der Waals surface area contributed by atoms with Crippen LogP contribution in [0.15, 0.2) is 0 Å². The second-order valence-electron chi connectivity index (χ2n) is 0.577. The molecular formula is C12H36B3Y25-9. The summed E-state index contributed by atoms with van der Waals surface area (Å²) < 4.78 is 0. The Labute approximate surface area is 895 Å². The minimum absolute atomic E-state index is 0. The van der Waals surface area contributed by atoms with Crippen molar-refractivity contribution >= 4 is 24.1 Å². The van der Waals surface area contributed by atoms with Crippen LogP contribution in [0.1, 0.15) is 27.7 Å².